The molecule has 1 aromatic heterocycles. The molecule has 0 radical (unpaired) electrons. The molecule has 2 rings (SSSR count). The molecule has 5 heteroatoms. The Kier molecular flexibility index (Phi) is 2.59. The Morgan fingerprint density at radius 1 is 1.38 bits per heavy atom. The summed E-state index contributed by atoms with van der Waals surface area (Å²) >= 11 is 0. The number of nitrogens with one attached hydrogen (secondary N) is 2. The van der Waals surface area contributed by atoms with Crippen LogP contribution in [0.25, 0.3) is 10.8 Å². The zero-order chi connectivity index (χ0) is 11.5. The summed E-state index contributed by atoms with van der Waals surface area (Å²) in [7, 11) is 0. The molecule has 0 aliphatic rings. The van der Waals surface area contributed by atoms with Crippen molar-refractivity contribution in [3.63, 3.8) is 0 Å². The number of carboxylic acids is 1. The standard InChI is InChI=1S/C11H10N2O3/c14-10(15)6-13-8-1-2-9-7(5-8)3-4-12-11(9)16/h1-5,13H,6H2,(H,12,16)(H,14,15). The van der Waals surface area contributed by atoms with Gasteiger partial charge in [-0.05, 0) is 29.7 Å². The van der Waals surface area contributed by atoms with E-state index in [9.17, 15) is 9.59 Å². The minimum Gasteiger partial charge on any atom is -0.480 e. The number of anilines is 1. The van der Waals surface area contributed by atoms with Crippen molar-refractivity contribution in [1.82, 2.24) is 4.98 Å². The average Bonchev–Trinajstić information content (AvgIpc) is 2.26. The number of aliphatic carboxylic acids is 1. The molecule has 0 bridgehead atoms. The van der Waals surface area contributed by atoms with Gasteiger partial charge in [-0.15, -0.1) is 0 Å². The van der Waals surface area contributed by atoms with Crippen LogP contribution in [0.5, 0.6) is 0 Å². The molecule has 0 saturated heterocycles. The largest absolute Gasteiger partial charge is 0.480 e. The number of carbonyl (C=O) groups is 1. The molecule has 16 heavy (non-hydrogen) atoms. The van der Waals surface area contributed by atoms with Gasteiger partial charge in [-0.2, -0.15) is 0 Å². The number of pyridine rings is 1. The highest BCUT2D eigenvalue weighted by Crippen LogP contribution is 2.15. The van der Waals surface area contributed by atoms with Crippen LogP contribution in [-0.2, 0) is 4.79 Å². The van der Waals surface area contributed by atoms with E-state index >= 15 is 0 Å². The molecular formula is C11H10N2O3. The second-order valence-corrected chi connectivity index (χ2v) is 3.36. The lowest BCUT2D eigenvalue weighted by Crippen LogP contribution is -2.12. The molecular weight excluding hydrogens is 208 g/mol. The van der Waals surface area contributed by atoms with Gasteiger partial charge in [0.05, 0.1) is 0 Å². The predicted octanol–water partition coefficient (Wildman–Crippen LogP) is 1.02. The minimum atomic E-state index is -0.925. The summed E-state index contributed by atoms with van der Waals surface area (Å²) in [5, 5.41) is 12.6. The minimum absolute atomic E-state index is 0.144. The fourth-order valence-corrected chi connectivity index (χ4v) is 1.48. The molecule has 0 aliphatic heterocycles. The van der Waals surface area contributed by atoms with Crippen molar-refractivity contribution in [3.8, 4) is 0 Å². The topological polar surface area (TPSA) is 82.2 Å². The van der Waals surface area contributed by atoms with Gasteiger partial charge in [0, 0.05) is 17.3 Å². The number of fused-ring (bicyclic) bond motifs is 1. The fourth-order valence-electron chi connectivity index (χ4n) is 1.48. The number of benzene rings is 1. The number of hydrogen-bond donors (Lipinski definition) is 3. The molecule has 0 atom stereocenters. The number of hydrogen-bond acceptors (Lipinski definition) is 3. The number of H-pyrrole nitrogens is 1. The van der Waals surface area contributed by atoms with Crippen molar-refractivity contribution in [2.75, 3.05) is 11.9 Å². The molecule has 5 nitrogen and oxygen atoms in total. The summed E-state index contributed by atoms with van der Waals surface area (Å²) in [5.74, 6) is -0.925. The normalized spacial score (nSPS) is 10.2. The smallest absolute Gasteiger partial charge is 0.322 e. The second-order valence-electron chi connectivity index (χ2n) is 3.36. The van der Waals surface area contributed by atoms with Gasteiger partial charge in [0.2, 0.25) is 0 Å². The first-order valence-corrected chi connectivity index (χ1v) is 4.74. The molecule has 1 aromatic carbocycles. The Labute approximate surface area is 90.7 Å². The van der Waals surface area contributed by atoms with Crippen LogP contribution in [0, 0.1) is 0 Å². The van der Waals surface area contributed by atoms with E-state index < -0.39 is 5.97 Å². The maximum absolute atomic E-state index is 11.4. The summed E-state index contributed by atoms with van der Waals surface area (Å²) in [5.41, 5.74) is 0.530. The van der Waals surface area contributed by atoms with Crippen molar-refractivity contribution >= 4 is 22.4 Å². The van der Waals surface area contributed by atoms with Crippen molar-refractivity contribution in [3.05, 3.63) is 40.8 Å². The third-order valence-corrected chi connectivity index (χ3v) is 2.22. The monoisotopic (exact) mass is 218 g/mol. The van der Waals surface area contributed by atoms with Crippen molar-refractivity contribution in [1.29, 1.82) is 0 Å². The van der Waals surface area contributed by atoms with Gasteiger partial charge in [-0.3, -0.25) is 9.59 Å². The highest BCUT2D eigenvalue weighted by Gasteiger charge is 2.00. The van der Waals surface area contributed by atoms with E-state index in [1.54, 1.807) is 30.5 Å². The van der Waals surface area contributed by atoms with E-state index in [-0.39, 0.29) is 12.1 Å². The number of rotatable bonds is 3. The molecule has 0 spiro atoms. The zero-order valence-corrected chi connectivity index (χ0v) is 8.36. The molecule has 0 fully saturated rings. The Bertz CT molecular complexity index is 589. The highest BCUT2D eigenvalue weighted by molar-refractivity contribution is 5.85. The summed E-state index contributed by atoms with van der Waals surface area (Å²) < 4.78 is 0. The summed E-state index contributed by atoms with van der Waals surface area (Å²) in [4.78, 5) is 24.3. The van der Waals surface area contributed by atoms with Crippen LogP contribution in [0.1, 0.15) is 0 Å². The van der Waals surface area contributed by atoms with Crippen molar-refractivity contribution in [2.24, 2.45) is 0 Å². The van der Waals surface area contributed by atoms with Crippen LogP contribution in [0.4, 0.5) is 5.69 Å². The van der Waals surface area contributed by atoms with E-state index in [1.807, 2.05) is 0 Å². The SMILES string of the molecule is O=C(O)CNc1ccc2c(=O)[nH]ccc2c1. The van der Waals surface area contributed by atoms with Gasteiger partial charge in [0.25, 0.3) is 5.56 Å². The van der Waals surface area contributed by atoms with Crippen LogP contribution in [0.15, 0.2) is 35.3 Å². The van der Waals surface area contributed by atoms with Crippen molar-refractivity contribution in [2.45, 2.75) is 0 Å². The quantitative estimate of drug-likeness (QED) is 0.718. The van der Waals surface area contributed by atoms with Gasteiger partial charge in [-0.1, -0.05) is 0 Å². The maximum atomic E-state index is 11.4. The molecule has 0 aliphatic carbocycles. The van der Waals surface area contributed by atoms with Gasteiger partial charge >= 0.3 is 5.97 Å². The molecule has 3 N–H and O–H groups in total. The van der Waals surface area contributed by atoms with E-state index in [2.05, 4.69) is 10.3 Å². The predicted molar refractivity (Wildman–Crippen MR) is 60.7 cm³/mol. The molecule has 2 aromatic rings. The lowest BCUT2D eigenvalue weighted by molar-refractivity contribution is -0.134. The van der Waals surface area contributed by atoms with E-state index in [0.29, 0.717) is 11.1 Å². The highest BCUT2D eigenvalue weighted by atomic mass is 16.4. The van der Waals surface area contributed by atoms with E-state index in [0.717, 1.165) is 5.39 Å². The van der Waals surface area contributed by atoms with Gasteiger partial charge < -0.3 is 15.4 Å². The number of carboxylic acid groups (broad SMARTS) is 1. The van der Waals surface area contributed by atoms with Gasteiger partial charge in [-0.25, -0.2) is 0 Å². The summed E-state index contributed by atoms with van der Waals surface area (Å²) in [6, 6.07) is 6.86. The Morgan fingerprint density at radius 3 is 2.94 bits per heavy atom. The third-order valence-electron chi connectivity index (χ3n) is 2.22. The van der Waals surface area contributed by atoms with Crippen LogP contribution in [0.3, 0.4) is 0 Å². The first kappa shape index (κ1) is 10.2. The Hall–Kier alpha value is -2.30. The number of aromatic nitrogens is 1. The lowest BCUT2D eigenvalue weighted by Gasteiger charge is -2.04. The third kappa shape index (κ3) is 2.03. The zero-order valence-electron chi connectivity index (χ0n) is 8.36. The molecule has 82 valence electrons. The lowest BCUT2D eigenvalue weighted by atomic mass is 10.1. The first-order chi connectivity index (χ1) is 7.66. The van der Waals surface area contributed by atoms with E-state index in [1.165, 1.54) is 0 Å². The van der Waals surface area contributed by atoms with Crippen LogP contribution in [0.2, 0.25) is 0 Å². The Balaban J connectivity index is 2.37. The molecule has 0 unspecified atom stereocenters. The first-order valence-electron chi connectivity index (χ1n) is 4.74. The van der Waals surface area contributed by atoms with E-state index in [4.69, 9.17) is 5.11 Å². The van der Waals surface area contributed by atoms with Crippen LogP contribution in [-0.4, -0.2) is 22.6 Å². The van der Waals surface area contributed by atoms with Crippen molar-refractivity contribution < 1.29 is 9.90 Å². The fraction of sp³-hybridized carbons (Fsp3) is 0.0909. The maximum Gasteiger partial charge on any atom is 0.322 e. The molecule has 1 heterocycles. The van der Waals surface area contributed by atoms with Gasteiger partial charge in [0.15, 0.2) is 0 Å². The second kappa shape index (κ2) is 4.06. The number of aromatic amines is 1. The molecule has 0 amide bonds. The summed E-state index contributed by atoms with van der Waals surface area (Å²) in [6.45, 7) is -0.144. The van der Waals surface area contributed by atoms with Gasteiger partial charge in [0.1, 0.15) is 6.54 Å². The van der Waals surface area contributed by atoms with Crippen LogP contribution < -0.4 is 10.9 Å². The summed E-state index contributed by atoms with van der Waals surface area (Å²) in [6.07, 6.45) is 1.56. The molecule has 0 saturated carbocycles. The Morgan fingerprint density at radius 2 is 2.19 bits per heavy atom. The average molecular weight is 218 g/mol. The van der Waals surface area contributed by atoms with Crippen LogP contribution >= 0.6 is 0 Å².